The third kappa shape index (κ3) is 1950. The number of hydrogen-bond acceptors (Lipinski definition) is 1. The number of rotatable bonds is 0. The Morgan fingerprint density at radius 1 is 0.474 bits per heavy atom. The summed E-state index contributed by atoms with van der Waals surface area (Å²) in [6.07, 6.45) is -1.83. The zero-order valence-electron chi connectivity index (χ0n) is 13.8. The van der Waals surface area contributed by atoms with E-state index in [1.54, 1.807) is 0 Å². The van der Waals surface area contributed by atoms with Crippen molar-refractivity contribution >= 4 is 6.16 Å². The van der Waals surface area contributed by atoms with E-state index in [0.717, 1.165) is 0 Å². The molecule has 0 saturated carbocycles. The van der Waals surface area contributed by atoms with Gasteiger partial charge in [-0.15, -0.1) is 0 Å². The second-order valence-corrected chi connectivity index (χ2v) is 0.283. The van der Waals surface area contributed by atoms with Gasteiger partial charge in [0.2, 0.25) is 0 Å². The van der Waals surface area contributed by atoms with Gasteiger partial charge < -0.3 is 80.2 Å². The van der Waals surface area contributed by atoms with Crippen LogP contribution in [0.15, 0.2) is 0 Å². The molecule has 15 nitrogen and oxygen atoms in total. The SMILES string of the molecule is O.O.O.O.O.O.O.O.O.O.O.O.O=C(O)O.[H-].[H-].[H-].[Na+].[Na+].[Na+]. The quantitative estimate of drug-likeness (QED) is 0.401. The largest absolute Gasteiger partial charge is 1.00 e. The van der Waals surface area contributed by atoms with E-state index in [1.165, 1.54) is 0 Å². The van der Waals surface area contributed by atoms with Crippen molar-refractivity contribution in [3.63, 3.8) is 0 Å². The first kappa shape index (κ1) is 355. The molecule has 0 aromatic carbocycles. The van der Waals surface area contributed by atoms with Gasteiger partial charge in [0.15, 0.2) is 0 Å². The van der Waals surface area contributed by atoms with E-state index in [2.05, 4.69) is 0 Å². The molecule has 0 saturated heterocycles. The van der Waals surface area contributed by atoms with Crippen LogP contribution in [-0.4, -0.2) is 82.1 Å². The summed E-state index contributed by atoms with van der Waals surface area (Å²) in [6, 6.07) is 0. The number of hydrogen-bond donors (Lipinski definition) is 2. The first-order valence-corrected chi connectivity index (χ1v) is 0.651. The van der Waals surface area contributed by atoms with Crippen LogP contribution >= 0.6 is 0 Å². The smallest absolute Gasteiger partial charge is 1.00 e. The van der Waals surface area contributed by atoms with Gasteiger partial charge in [0.05, 0.1) is 0 Å². The molecule has 0 aliphatic rings. The molecule has 0 aromatic rings. The molecule has 0 spiro atoms. The summed E-state index contributed by atoms with van der Waals surface area (Å²) >= 11 is 0. The predicted octanol–water partition coefficient (Wildman–Crippen LogP) is -18.3. The molecule has 0 unspecified atom stereocenters. The molecule has 0 heterocycles. The number of carboxylic acid groups (broad SMARTS) is 2. The average Bonchev–Trinajstić information content (AvgIpc) is 0.811. The summed E-state index contributed by atoms with van der Waals surface area (Å²) in [5.41, 5.74) is 0. The van der Waals surface area contributed by atoms with Crippen LogP contribution < -0.4 is 88.7 Å². The van der Waals surface area contributed by atoms with Crippen LogP contribution in [0.25, 0.3) is 0 Å². The molecule has 0 aliphatic carbocycles. The maximum absolute atomic E-state index is 8.56. The summed E-state index contributed by atoms with van der Waals surface area (Å²) < 4.78 is 0. The third-order valence-electron chi connectivity index (χ3n) is 0. The van der Waals surface area contributed by atoms with Crippen molar-refractivity contribution in [3.8, 4) is 0 Å². The van der Waals surface area contributed by atoms with E-state index in [9.17, 15) is 0 Å². The van der Waals surface area contributed by atoms with Crippen molar-refractivity contribution in [1.82, 2.24) is 0 Å². The molecule has 0 aromatic heterocycles. The first-order valence-electron chi connectivity index (χ1n) is 0.651. The van der Waals surface area contributed by atoms with Crippen LogP contribution in [0.1, 0.15) is 4.28 Å². The summed E-state index contributed by atoms with van der Waals surface area (Å²) in [5.74, 6) is 0. The Balaban J connectivity index is -0.000000000294. The van der Waals surface area contributed by atoms with Crippen molar-refractivity contribution in [2.75, 3.05) is 0 Å². The fourth-order valence-electron chi connectivity index (χ4n) is 0. The fraction of sp³-hybridized carbons (Fsp3) is 0. The van der Waals surface area contributed by atoms with E-state index < -0.39 is 6.16 Å². The normalized spacial score (nSPS) is 1.26. The minimum absolute atomic E-state index is 0. The summed E-state index contributed by atoms with van der Waals surface area (Å²) in [7, 11) is 0. The van der Waals surface area contributed by atoms with E-state index in [0.29, 0.717) is 0 Å². The standard InChI is InChI=1S/CH2O3.3Na.12H2O.3H/c2-1(3)4;;;;;;;;;;;;;;;;;;/h(H2,2,3,4);;;;12*1H2;;;/q;3*+1;;;;;;;;;;;;;3*-1. The summed E-state index contributed by atoms with van der Waals surface area (Å²) in [5, 5.41) is 13.9. The van der Waals surface area contributed by atoms with E-state index in [-0.39, 0.29) is 159 Å². The van der Waals surface area contributed by atoms with E-state index in [4.69, 9.17) is 15.0 Å². The van der Waals surface area contributed by atoms with Gasteiger partial charge in [-0.3, -0.25) is 0 Å². The summed E-state index contributed by atoms with van der Waals surface area (Å²) in [6.45, 7) is 0. The molecular formula is CH29Na3O15. The van der Waals surface area contributed by atoms with Crippen LogP contribution in [0, 0.1) is 0 Å². The van der Waals surface area contributed by atoms with Crippen molar-refractivity contribution < 1.29 is 174 Å². The molecular weight excluding hydrogens is 321 g/mol. The molecule has 18 heteroatoms. The molecule has 0 bridgehead atoms. The third-order valence-corrected chi connectivity index (χ3v) is 0. The van der Waals surface area contributed by atoms with E-state index >= 15 is 0 Å². The van der Waals surface area contributed by atoms with Crippen LogP contribution in [0.2, 0.25) is 0 Å². The molecule has 0 fully saturated rings. The van der Waals surface area contributed by atoms with Crippen molar-refractivity contribution in [3.05, 3.63) is 0 Å². The molecule has 0 radical (unpaired) electrons. The second-order valence-electron chi connectivity index (χ2n) is 0.283. The van der Waals surface area contributed by atoms with Crippen LogP contribution in [0.3, 0.4) is 0 Å². The van der Waals surface area contributed by atoms with Crippen LogP contribution in [-0.2, 0) is 0 Å². The average molecular weight is 350 g/mol. The molecule has 0 amide bonds. The molecule has 19 heavy (non-hydrogen) atoms. The maximum atomic E-state index is 8.56. The second kappa shape index (κ2) is 305. The Hall–Kier alpha value is 1.79. The molecule has 0 aliphatic heterocycles. The summed E-state index contributed by atoms with van der Waals surface area (Å²) in [4.78, 5) is 8.56. The zero-order chi connectivity index (χ0) is 3.58. The molecule has 26 N–H and O–H groups in total. The van der Waals surface area contributed by atoms with Gasteiger partial charge >= 0.3 is 94.8 Å². The Kier molecular flexibility index (Phi) is 5690. The van der Waals surface area contributed by atoms with Gasteiger partial charge in [0.25, 0.3) is 0 Å². The Morgan fingerprint density at radius 3 is 0.474 bits per heavy atom. The van der Waals surface area contributed by atoms with E-state index in [1.807, 2.05) is 0 Å². The molecule has 0 rings (SSSR count). The maximum Gasteiger partial charge on any atom is 1.00 e. The Labute approximate surface area is 178 Å². The van der Waals surface area contributed by atoms with Gasteiger partial charge in [-0.25, -0.2) is 4.79 Å². The molecule has 126 valence electrons. The Bertz CT molecular complexity index is 53.0. The minimum atomic E-state index is -1.83. The molecule has 0 atom stereocenters. The minimum Gasteiger partial charge on any atom is -1.00 e. The Morgan fingerprint density at radius 2 is 0.474 bits per heavy atom. The van der Waals surface area contributed by atoms with Crippen LogP contribution in [0.5, 0.6) is 0 Å². The van der Waals surface area contributed by atoms with Crippen molar-refractivity contribution in [2.45, 2.75) is 0 Å². The van der Waals surface area contributed by atoms with Gasteiger partial charge in [-0.2, -0.15) is 0 Å². The van der Waals surface area contributed by atoms with Crippen molar-refractivity contribution in [2.24, 2.45) is 0 Å². The predicted molar refractivity (Wildman–Crippen MR) is 57.4 cm³/mol. The topological polar surface area (TPSA) is 436 Å². The monoisotopic (exact) mass is 350 g/mol. The zero-order valence-corrected chi connectivity index (χ0v) is 16.8. The van der Waals surface area contributed by atoms with Crippen LogP contribution in [0.4, 0.5) is 4.79 Å². The number of carbonyl (C=O) groups is 1. The first-order chi connectivity index (χ1) is 1.73. The van der Waals surface area contributed by atoms with Crippen molar-refractivity contribution in [1.29, 1.82) is 0 Å². The van der Waals surface area contributed by atoms with Gasteiger partial charge in [0.1, 0.15) is 0 Å². The fourth-order valence-corrected chi connectivity index (χ4v) is 0. The van der Waals surface area contributed by atoms with Gasteiger partial charge in [0, 0.05) is 0 Å². The van der Waals surface area contributed by atoms with Gasteiger partial charge in [-0.1, -0.05) is 0 Å². The van der Waals surface area contributed by atoms with Gasteiger partial charge in [-0.05, 0) is 0 Å².